The maximum absolute atomic E-state index is 17.5. The lowest BCUT2D eigenvalue weighted by Gasteiger charge is -2.62. The van der Waals surface area contributed by atoms with Crippen molar-refractivity contribution in [2.24, 2.45) is 45.3 Å². The first-order valence-electron chi connectivity index (χ1n) is 14.0. The molecule has 0 saturated heterocycles. The van der Waals surface area contributed by atoms with Crippen molar-refractivity contribution in [3.05, 3.63) is 23.8 Å². The number of nitrogens with zero attached hydrogens (tertiary/aromatic N) is 1. The highest BCUT2D eigenvalue weighted by atomic mass is 19.1. The average molecular weight is 542 g/mol. The van der Waals surface area contributed by atoms with Crippen LogP contribution in [0.3, 0.4) is 0 Å². The minimum atomic E-state index is -2.07. The number of aliphatic hydroxyl groups excluding tert-OH is 1. The van der Waals surface area contributed by atoms with Crippen LogP contribution in [0.5, 0.6) is 0 Å². The van der Waals surface area contributed by atoms with E-state index in [1.54, 1.807) is 13.0 Å². The number of halogens is 1. The monoisotopic (exact) mass is 541 g/mol. The molecule has 4 fully saturated rings. The van der Waals surface area contributed by atoms with Crippen LogP contribution < -0.4 is 0 Å². The van der Waals surface area contributed by atoms with E-state index in [1.807, 2.05) is 47.6 Å². The van der Waals surface area contributed by atoms with Gasteiger partial charge in [-0.2, -0.15) is 5.26 Å². The van der Waals surface area contributed by atoms with Crippen LogP contribution in [0.25, 0.3) is 0 Å². The number of rotatable bonds is 4. The number of hydrogen-bond donors (Lipinski definition) is 1. The molecule has 0 unspecified atom stereocenters. The summed E-state index contributed by atoms with van der Waals surface area (Å²) < 4.78 is 29.2. The van der Waals surface area contributed by atoms with E-state index in [0.29, 0.717) is 24.8 Å². The molecule has 8 heteroatoms. The maximum atomic E-state index is 17.5. The zero-order chi connectivity index (χ0) is 29.0. The van der Waals surface area contributed by atoms with Crippen LogP contribution in [-0.2, 0) is 23.9 Å². The molecule has 5 aliphatic rings. The molecule has 212 valence electrons. The Morgan fingerprint density at radius 3 is 2.38 bits per heavy atom. The fraction of sp³-hybridized carbons (Fsp3) is 0.742. The summed E-state index contributed by atoms with van der Waals surface area (Å²) in [5, 5.41) is 20.8. The van der Waals surface area contributed by atoms with Gasteiger partial charge in [0.15, 0.2) is 18.1 Å². The lowest BCUT2D eigenvalue weighted by molar-refractivity contribution is -0.237. The molecule has 0 amide bonds. The van der Waals surface area contributed by atoms with Gasteiger partial charge in [0.2, 0.25) is 5.60 Å². The van der Waals surface area contributed by atoms with Crippen LogP contribution in [-0.4, -0.2) is 46.8 Å². The highest BCUT2D eigenvalue weighted by molar-refractivity contribution is 6.01. The van der Waals surface area contributed by atoms with Crippen LogP contribution in [0.15, 0.2) is 23.8 Å². The third-order valence-corrected chi connectivity index (χ3v) is 12.3. The second kappa shape index (κ2) is 8.25. The van der Waals surface area contributed by atoms with E-state index in [0.717, 1.165) is 0 Å². The summed E-state index contributed by atoms with van der Waals surface area (Å²) in [7, 11) is 0. The number of aliphatic hydroxyl groups is 1. The Morgan fingerprint density at radius 2 is 1.79 bits per heavy atom. The van der Waals surface area contributed by atoms with Gasteiger partial charge in [0.05, 0.1) is 12.0 Å². The van der Waals surface area contributed by atoms with Gasteiger partial charge in [0, 0.05) is 22.7 Å². The third kappa shape index (κ3) is 3.20. The summed E-state index contributed by atoms with van der Waals surface area (Å²) >= 11 is 0. The molecular formula is C31H40FNO6. The van der Waals surface area contributed by atoms with Crippen LogP contribution in [0.1, 0.15) is 74.1 Å². The molecule has 7 nitrogen and oxygen atoms in total. The number of esters is 2. The first-order valence-corrected chi connectivity index (χ1v) is 14.0. The minimum absolute atomic E-state index is 0.133. The van der Waals surface area contributed by atoms with E-state index in [-0.39, 0.29) is 23.0 Å². The van der Waals surface area contributed by atoms with Crippen molar-refractivity contribution >= 4 is 17.7 Å². The first kappa shape index (κ1) is 28.0. The summed E-state index contributed by atoms with van der Waals surface area (Å²) in [5.41, 5.74) is -6.16. The molecule has 39 heavy (non-hydrogen) atoms. The summed E-state index contributed by atoms with van der Waals surface area (Å²) in [4.78, 5) is 39.8. The normalized spacial score (nSPS) is 45.2. The molecule has 0 aromatic carbocycles. The molecule has 0 heterocycles. The van der Waals surface area contributed by atoms with Crippen LogP contribution in [0.4, 0.5) is 4.39 Å². The Labute approximate surface area is 229 Å². The van der Waals surface area contributed by atoms with Gasteiger partial charge in [-0.15, -0.1) is 0 Å². The molecule has 0 aromatic rings. The lowest BCUT2D eigenvalue weighted by Crippen LogP contribution is -2.70. The molecule has 1 N–H and O–H groups in total. The van der Waals surface area contributed by atoms with Crippen molar-refractivity contribution in [2.45, 2.75) is 91.5 Å². The Bertz CT molecular complexity index is 1230. The Morgan fingerprint density at radius 1 is 1.15 bits per heavy atom. The Balaban J connectivity index is 1.60. The van der Waals surface area contributed by atoms with Gasteiger partial charge in [-0.25, -0.2) is 9.18 Å². The predicted octanol–water partition coefficient (Wildman–Crippen LogP) is 4.63. The SMILES string of the molecule is C[C@@H]1C[C@H]2[C@@H]3CCC4=CC(=O)C=C[C@]4(C)[C@@]3(F)[C@@H](O)C[C@]2(C)[C@@]1(OC(=O)C1C(C)(C)C1(C)C)C(=O)OCC#N. The predicted molar refractivity (Wildman–Crippen MR) is 139 cm³/mol. The number of ether oxygens (including phenoxy) is 2. The number of hydrogen-bond acceptors (Lipinski definition) is 7. The summed E-state index contributed by atoms with van der Waals surface area (Å²) in [5.74, 6) is -3.54. The summed E-state index contributed by atoms with van der Waals surface area (Å²) in [6.45, 7) is 12.8. The van der Waals surface area contributed by atoms with Crippen LogP contribution >= 0.6 is 0 Å². The molecule has 4 saturated carbocycles. The number of fused-ring (bicyclic) bond motifs is 5. The smallest absolute Gasteiger partial charge is 0.352 e. The van der Waals surface area contributed by atoms with E-state index >= 15 is 4.39 Å². The number of nitriles is 1. The fourth-order valence-electron chi connectivity index (χ4n) is 9.43. The Hall–Kier alpha value is -2.53. The van der Waals surface area contributed by atoms with Gasteiger partial charge in [-0.05, 0) is 61.5 Å². The molecule has 0 radical (unpaired) electrons. The topological polar surface area (TPSA) is 114 Å². The van der Waals surface area contributed by atoms with Gasteiger partial charge in [-0.3, -0.25) is 9.59 Å². The molecule has 0 aromatic heterocycles. The van der Waals surface area contributed by atoms with Crippen molar-refractivity contribution in [2.75, 3.05) is 6.61 Å². The van der Waals surface area contributed by atoms with Gasteiger partial charge in [0.25, 0.3) is 0 Å². The maximum Gasteiger partial charge on any atom is 0.352 e. The number of carbonyl (C=O) groups is 3. The standard InChI is InChI=1S/C31H40FNO6/c1-17-14-21-20-9-8-18-15-19(34)10-11-28(18,6)30(20,32)22(35)16-29(21,7)31(17,25(37)38-13-12-33)39-24(36)23-26(2,3)27(23,4)5/h10-11,15,17,20-23,35H,8-9,13-14,16H2,1-7H3/t17-,20+,21+,22+,28+,29+,30+,31+/m1/s1. The quantitative estimate of drug-likeness (QED) is 0.516. The zero-order valence-electron chi connectivity index (χ0n) is 24.0. The van der Waals surface area contributed by atoms with E-state index < -0.39 is 70.4 Å². The second-order valence-corrected chi connectivity index (χ2v) is 14.2. The number of ketones is 1. The molecule has 0 spiro atoms. The molecule has 5 aliphatic carbocycles. The average Bonchev–Trinajstić information content (AvgIpc) is 3.16. The van der Waals surface area contributed by atoms with Crippen molar-refractivity contribution < 1.29 is 33.4 Å². The largest absolute Gasteiger partial charge is 0.447 e. The van der Waals surface area contributed by atoms with Gasteiger partial charge < -0.3 is 14.6 Å². The molecule has 0 aliphatic heterocycles. The molecular weight excluding hydrogens is 501 g/mol. The highest BCUT2D eigenvalue weighted by Crippen LogP contribution is 2.73. The number of allylic oxidation sites excluding steroid dienone is 4. The van der Waals surface area contributed by atoms with Crippen molar-refractivity contribution in [1.29, 1.82) is 5.26 Å². The van der Waals surface area contributed by atoms with E-state index in [1.165, 1.54) is 12.2 Å². The molecule has 8 atom stereocenters. The van der Waals surface area contributed by atoms with Crippen LogP contribution in [0.2, 0.25) is 0 Å². The Kier molecular flexibility index (Phi) is 5.93. The lowest BCUT2D eigenvalue weighted by atomic mass is 9.44. The van der Waals surface area contributed by atoms with Crippen molar-refractivity contribution in [3.8, 4) is 6.07 Å². The van der Waals surface area contributed by atoms with E-state index in [2.05, 4.69) is 0 Å². The zero-order valence-corrected chi connectivity index (χ0v) is 24.0. The highest BCUT2D eigenvalue weighted by Gasteiger charge is 2.79. The fourth-order valence-corrected chi connectivity index (χ4v) is 9.43. The minimum Gasteiger partial charge on any atom is -0.447 e. The molecule has 0 bridgehead atoms. The van der Waals surface area contributed by atoms with Crippen LogP contribution in [0, 0.1) is 56.7 Å². The molecule has 5 rings (SSSR count). The first-order chi connectivity index (χ1) is 18.0. The van der Waals surface area contributed by atoms with E-state index in [4.69, 9.17) is 14.7 Å². The van der Waals surface area contributed by atoms with Crippen molar-refractivity contribution in [3.63, 3.8) is 0 Å². The third-order valence-electron chi connectivity index (χ3n) is 12.3. The summed E-state index contributed by atoms with van der Waals surface area (Å²) in [6.07, 6.45) is 4.10. The number of alkyl halides is 1. The number of carbonyl (C=O) groups excluding carboxylic acids is 3. The van der Waals surface area contributed by atoms with Crippen molar-refractivity contribution in [1.82, 2.24) is 0 Å². The summed E-state index contributed by atoms with van der Waals surface area (Å²) in [6, 6.07) is 1.82. The van der Waals surface area contributed by atoms with Gasteiger partial charge >= 0.3 is 11.9 Å². The van der Waals surface area contributed by atoms with E-state index in [9.17, 15) is 19.5 Å². The van der Waals surface area contributed by atoms with Gasteiger partial charge in [0.1, 0.15) is 6.07 Å². The van der Waals surface area contributed by atoms with Gasteiger partial charge in [-0.1, -0.05) is 53.2 Å². The second-order valence-electron chi connectivity index (χ2n) is 14.2.